The minimum Gasteiger partial charge on any atom is -0.481 e. The Balaban J connectivity index is 2.02. The van der Waals surface area contributed by atoms with Crippen molar-refractivity contribution in [1.29, 1.82) is 0 Å². The van der Waals surface area contributed by atoms with Gasteiger partial charge in [-0.1, -0.05) is 23.2 Å². The number of likely N-dealkylation sites (N-methyl/N-ethyl adjacent to an activating group) is 1. The van der Waals surface area contributed by atoms with Crippen LogP contribution in [0.15, 0.2) is 36.7 Å². The number of hydrogen-bond acceptors (Lipinski definition) is 4. The molecule has 0 saturated heterocycles. The van der Waals surface area contributed by atoms with Crippen molar-refractivity contribution in [2.24, 2.45) is 0 Å². The number of carbonyl (C=O) groups is 1. The molecule has 2 heterocycles. The van der Waals surface area contributed by atoms with Crippen LogP contribution in [0.25, 0.3) is 16.6 Å². The van der Waals surface area contributed by atoms with E-state index >= 15 is 0 Å². The van der Waals surface area contributed by atoms with Gasteiger partial charge in [0.25, 0.3) is 0 Å². The number of anilines is 1. The number of nitrogens with zero attached hydrogens (tertiary/aromatic N) is 3. The van der Waals surface area contributed by atoms with Gasteiger partial charge in [0.1, 0.15) is 0 Å². The summed E-state index contributed by atoms with van der Waals surface area (Å²) < 4.78 is 7.01. The maximum atomic E-state index is 11.1. The molecule has 0 saturated carbocycles. The van der Waals surface area contributed by atoms with E-state index in [4.69, 9.17) is 33.0 Å². The van der Waals surface area contributed by atoms with Crippen molar-refractivity contribution in [3.8, 4) is 11.1 Å². The molecule has 1 N–H and O–H groups in total. The van der Waals surface area contributed by atoms with Crippen LogP contribution in [0.4, 0.5) is 5.69 Å². The molecule has 0 aliphatic carbocycles. The molecule has 0 amide bonds. The number of carboxylic acids is 1. The number of aliphatic carboxylic acids is 1. The van der Waals surface area contributed by atoms with Crippen LogP contribution in [-0.4, -0.2) is 47.0 Å². The topological polar surface area (TPSA) is 67.1 Å². The smallest absolute Gasteiger partial charge is 0.307 e. The minimum atomic E-state index is -0.907. The Morgan fingerprint density at radius 1 is 1.31 bits per heavy atom. The Morgan fingerprint density at radius 3 is 2.59 bits per heavy atom. The Morgan fingerprint density at radius 2 is 2.00 bits per heavy atom. The van der Waals surface area contributed by atoms with Gasteiger partial charge in [0.2, 0.25) is 0 Å². The molecule has 0 spiro atoms. The van der Waals surface area contributed by atoms with Crippen molar-refractivity contribution in [2.45, 2.75) is 26.4 Å². The summed E-state index contributed by atoms with van der Waals surface area (Å²) in [5.74, 6) is -0.907. The number of fused-ring (bicyclic) bond motifs is 1. The summed E-state index contributed by atoms with van der Waals surface area (Å²) in [5, 5.41) is 14.4. The number of rotatable bonds is 8. The van der Waals surface area contributed by atoms with Crippen molar-refractivity contribution in [3.05, 3.63) is 52.3 Å². The van der Waals surface area contributed by atoms with Gasteiger partial charge in [-0.2, -0.15) is 5.10 Å². The second-order valence-corrected chi connectivity index (χ2v) is 7.67. The van der Waals surface area contributed by atoms with Crippen LogP contribution < -0.4 is 4.90 Å². The number of hydrogen-bond donors (Lipinski definition) is 1. The molecular weight excluding hydrogens is 413 g/mol. The molecular formula is C21H23Cl2N3O3. The fourth-order valence-corrected chi connectivity index (χ4v) is 4.00. The zero-order valence-electron chi connectivity index (χ0n) is 16.5. The zero-order valence-corrected chi connectivity index (χ0v) is 18.0. The fourth-order valence-electron chi connectivity index (χ4n) is 3.31. The van der Waals surface area contributed by atoms with E-state index in [0.29, 0.717) is 26.7 Å². The maximum Gasteiger partial charge on any atom is 0.307 e. The highest BCUT2D eigenvalue weighted by atomic mass is 35.5. The van der Waals surface area contributed by atoms with Gasteiger partial charge in [-0.3, -0.25) is 4.79 Å². The first-order chi connectivity index (χ1) is 13.8. The average Bonchev–Trinajstić information content (AvgIpc) is 3.06. The number of methoxy groups -OCH3 is 1. The van der Waals surface area contributed by atoms with Gasteiger partial charge in [-0.05, 0) is 43.7 Å². The molecule has 0 aliphatic rings. The first-order valence-corrected chi connectivity index (χ1v) is 10.0. The van der Waals surface area contributed by atoms with Gasteiger partial charge in [0, 0.05) is 43.2 Å². The normalized spacial score (nSPS) is 12.3. The highest BCUT2D eigenvalue weighted by molar-refractivity contribution is 6.39. The SMILES string of the molecule is CCN(CC(C)OC)c1cc(Cl)c(-c2ccn3ncc(CC(=O)O)c3c2)c(Cl)c1. The van der Waals surface area contributed by atoms with E-state index in [1.807, 2.05) is 31.2 Å². The molecule has 0 fully saturated rings. The summed E-state index contributed by atoms with van der Waals surface area (Å²) in [5.41, 5.74) is 3.78. The lowest BCUT2D eigenvalue weighted by Crippen LogP contribution is -2.31. The third-order valence-electron chi connectivity index (χ3n) is 4.89. The molecule has 154 valence electrons. The lowest BCUT2D eigenvalue weighted by Gasteiger charge is -2.27. The van der Waals surface area contributed by atoms with Crippen LogP contribution in [0.2, 0.25) is 10.0 Å². The molecule has 6 nitrogen and oxygen atoms in total. The number of carboxylic acid groups (broad SMARTS) is 1. The fraction of sp³-hybridized carbons (Fsp3) is 0.333. The summed E-state index contributed by atoms with van der Waals surface area (Å²) in [7, 11) is 1.69. The Kier molecular flexibility index (Phi) is 6.67. The van der Waals surface area contributed by atoms with Crippen molar-refractivity contribution in [2.75, 3.05) is 25.1 Å². The molecule has 1 aromatic carbocycles. The van der Waals surface area contributed by atoms with E-state index in [1.165, 1.54) is 0 Å². The number of aromatic nitrogens is 2. The molecule has 0 bridgehead atoms. The van der Waals surface area contributed by atoms with E-state index in [1.54, 1.807) is 24.0 Å². The van der Waals surface area contributed by atoms with Crippen molar-refractivity contribution in [3.63, 3.8) is 0 Å². The van der Waals surface area contributed by atoms with E-state index in [-0.39, 0.29) is 12.5 Å². The lowest BCUT2D eigenvalue weighted by atomic mass is 10.0. The van der Waals surface area contributed by atoms with Gasteiger partial charge < -0.3 is 14.7 Å². The number of halogens is 2. The van der Waals surface area contributed by atoms with Crippen LogP contribution in [0, 0.1) is 0 Å². The molecule has 1 unspecified atom stereocenters. The summed E-state index contributed by atoms with van der Waals surface area (Å²) in [4.78, 5) is 13.3. The molecule has 3 rings (SSSR count). The summed E-state index contributed by atoms with van der Waals surface area (Å²) in [6.45, 7) is 5.59. The quantitative estimate of drug-likeness (QED) is 0.550. The predicted octanol–water partition coefficient (Wildman–Crippen LogP) is 4.80. The third kappa shape index (κ3) is 4.66. The molecule has 0 radical (unpaired) electrons. The third-order valence-corrected chi connectivity index (χ3v) is 5.48. The van der Waals surface area contributed by atoms with Gasteiger partial charge in [-0.25, -0.2) is 4.52 Å². The Bertz CT molecular complexity index is 1010. The van der Waals surface area contributed by atoms with Crippen LogP contribution in [0.3, 0.4) is 0 Å². The molecule has 0 aliphatic heterocycles. The van der Waals surface area contributed by atoms with E-state index in [9.17, 15) is 4.79 Å². The van der Waals surface area contributed by atoms with Gasteiger partial charge in [-0.15, -0.1) is 0 Å². The summed E-state index contributed by atoms with van der Waals surface area (Å²) >= 11 is 13.3. The summed E-state index contributed by atoms with van der Waals surface area (Å²) in [6.07, 6.45) is 3.31. The summed E-state index contributed by atoms with van der Waals surface area (Å²) in [6, 6.07) is 7.52. The molecule has 2 aromatic heterocycles. The minimum absolute atomic E-state index is 0.0732. The van der Waals surface area contributed by atoms with Gasteiger partial charge >= 0.3 is 5.97 Å². The maximum absolute atomic E-state index is 11.1. The van der Waals surface area contributed by atoms with Gasteiger partial charge in [0.15, 0.2) is 0 Å². The van der Waals surface area contributed by atoms with Gasteiger partial charge in [0.05, 0.1) is 34.3 Å². The standard InChI is InChI=1S/C21H23Cl2N3O3/c1-4-25(12-13(2)29-3)16-9-17(22)21(18(23)10-16)14-5-6-26-19(7-14)15(11-24-26)8-20(27)28/h5-7,9-11,13H,4,8,12H2,1-3H3,(H,27,28). The molecule has 3 aromatic rings. The second-order valence-electron chi connectivity index (χ2n) is 6.85. The van der Waals surface area contributed by atoms with Crippen molar-refractivity contribution >= 4 is 40.4 Å². The number of pyridine rings is 1. The zero-order chi connectivity index (χ0) is 21.1. The van der Waals surface area contributed by atoms with Crippen molar-refractivity contribution in [1.82, 2.24) is 9.61 Å². The number of benzene rings is 1. The van der Waals surface area contributed by atoms with Crippen molar-refractivity contribution < 1.29 is 14.6 Å². The van der Waals surface area contributed by atoms with Crippen LogP contribution in [0.1, 0.15) is 19.4 Å². The highest BCUT2D eigenvalue weighted by Crippen LogP contribution is 2.39. The monoisotopic (exact) mass is 435 g/mol. The largest absolute Gasteiger partial charge is 0.481 e. The van der Waals surface area contributed by atoms with E-state index in [0.717, 1.165) is 24.3 Å². The predicted molar refractivity (Wildman–Crippen MR) is 116 cm³/mol. The average molecular weight is 436 g/mol. The Labute approximate surface area is 179 Å². The lowest BCUT2D eigenvalue weighted by molar-refractivity contribution is -0.136. The first-order valence-electron chi connectivity index (χ1n) is 9.29. The molecule has 1 atom stereocenters. The van der Waals surface area contributed by atoms with Crippen LogP contribution in [-0.2, 0) is 16.0 Å². The second kappa shape index (κ2) is 9.03. The van der Waals surface area contributed by atoms with Crippen LogP contribution >= 0.6 is 23.2 Å². The highest BCUT2D eigenvalue weighted by Gasteiger charge is 2.17. The van der Waals surface area contributed by atoms with Crippen LogP contribution in [0.5, 0.6) is 0 Å². The molecule has 8 heteroatoms. The van der Waals surface area contributed by atoms with E-state index < -0.39 is 5.97 Å². The first kappa shape index (κ1) is 21.4. The number of ether oxygens (including phenoxy) is 1. The van der Waals surface area contributed by atoms with E-state index in [2.05, 4.69) is 16.9 Å². The molecule has 29 heavy (non-hydrogen) atoms. The Hall–Kier alpha value is -2.28.